The van der Waals surface area contributed by atoms with E-state index in [2.05, 4.69) is 11.0 Å². The normalized spacial score (nSPS) is 26.2. The molecule has 1 rings (SSSR count). The first-order valence-electron chi connectivity index (χ1n) is 4.39. The van der Waals surface area contributed by atoms with Crippen LogP contribution < -0.4 is 0 Å². The molecule has 68 valence electrons. The first-order chi connectivity index (χ1) is 5.58. The van der Waals surface area contributed by atoms with Gasteiger partial charge in [-0.3, -0.25) is 0 Å². The third kappa shape index (κ3) is 1.77. The molecular weight excluding hydrogens is 152 g/mol. The Kier molecular flexibility index (Phi) is 2.71. The van der Waals surface area contributed by atoms with Crippen molar-refractivity contribution in [2.45, 2.75) is 25.4 Å². The maximum absolute atomic E-state index is 10.0. The molecule has 1 unspecified atom stereocenters. The third-order valence-electron chi connectivity index (χ3n) is 2.85. The summed E-state index contributed by atoms with van der Waals surface area (Å²) in [6, 6.07) is 2.12. The number of nitrogens with zero attached hydrogens (tertiary/aromatic N) is 2. The Morgan fingerprint density at radius 1 is 1.50 bits per heavy atom. The zero-order valence-corrected chi connectivity index (χ0v) is 7.75. The topological polar surface area (TPSA) is 47.3 Å². The highest BCUT2D eigenvalue weighted by Gasteiger charge is 2.36. The summed E-state index contributed by atoms with van der Waals surface area (Å²) in [7, 11) is 2.04. The molecule has 3 nitrogen and oxygen atoms in total. The molecule has 1 N–H and O–H groups in total. The van der Waals surface area contributed by atoms with Gasteiger partial charge < -0.3 is 10.0 Å². The molecule has 1 aliphatic rings. The average Bonchev–Trinajstić information content (AvgIpc) is 2.09. The molecule has 0 aliphatic carbocycles. The molecule has 12 heavy (non-hydrogen) atoms. The molecular formula is C9H16N2O. The van der Waals surface area contributed by atoms with Crippen molar-refractivity contribution in [1.82, 2.24) is 4.90 Å². The van der Waals surface area contributed by atoms with E-state index in [4.69, 9.17) is 5.26 Å². The molecule has 1 atom stereocenters. The van der Waals surface area contributed by atoms with Crippen LogP contribution in [0, 0.1) is 17.2 Å². The molecule has 1 fully saturated rings. The van der Waals surface area contributed by atoms with Gasteiger partial charge in [0.1, 0.15) is 0 Å². The maximum Gasteiger partial charge on any atom is 0.0826 e. The van der Waals surface area contributed by atoms with Crippen LogP contribution in [0.15, 0.2) is 0 Å². The molecule has 0 spiro atoms. The van der Waals surface area contributed by atoms with Crippen molar-refractivity contribution in [2.24, 2.45) is 5.92 Å². The smallest absolute Gasteiger partial charge is 0.0826 e. The number of hydrogen-bond donors (Lipinski definition) is 1. The van der Waals surface area contributed by atoms with Crippen LogP contribution in [0.5, 0.6) is 0 Å². The van der Waals surface area contributed by atoms with Crippen LogP contribution in [0.3, 0.4) is 0 Å². The Hall–Kier alpha value is -0.590. The van der Waals surface area contributed by atoms with Crippen molar-refractivity contribution in [1.29, 1.82) is 5.26 Å². The minimum Gasteiger partial charge on any atom is -0.388 e. The Labute approximate surface area is 73.6 Å². The summed E-state index contributed by atoms with van der Waals surface area (Å²) in [4.78, 5) is 2.18. The van der Waals surface area contributed by atoms with Crippen LogP contribution in [0.4, 0.5) is 0 Å². The van der Waals surface area contributed by atoms with Gasteiger partial charge in [0.15, 0.2) is 0 Å². The van der Waals surface area contributed by atoms with E-state index >= 15 is 0 Å². The Balaban J connectivity index is 2.57. The summed E-state index contributed by atoms with van der Waals surface area (Å²) in [5, 5.41) is 18.7. The van der Waals surface area contributed by atoms with Crippen molar-refractivity contribution < 1.29 is 5.11 Å². The van der Waals surface area contributed by atoms with E-state index in [0.717, 1.165) is 25.9 Å². The second-order valence-corrected chi connectivity index (χ2v) is 3.76. The predicted molar refractivity (Wildman–Crippen MR) is 46.5 cm³/mol. The summed E-state index contributed by atoms with van der Waals surface area (Å²) in [6.45, 7) is 3.58. The Morgan fingerprint density at radius 3 is 2.42 bits per heavy atom. The highest BCUT2D eigenvalue weighted by atomic mass is 16.3. The summed E-state index contributed by atoms with van der Waals surface area (Å²) < 4.78 is 0. The zero-order valence-electron chi connectivity index (χ0n) is 7.75. The summed E-state index contributed by atoms with van der Waals surface area (Å²) in [6.07, 6.45) is 1.44. The maximum atomic E-state index is 10.0. The Morgan fingerprint density at radius 2 is 2.00 bits per heavy atom. The fraction of sp³-hybridized carbons (Fsp3) is 0.889. The molecule has 3 heteroatoms. The van der Waals surface area contributed by atoms with Crippen molar-refractivity contribution in [3.63, 3.8) is 0 Å². The lowest BCUT2D eigenvalue weighted by molar-refractivity contribution is -0.0414. The predicted octanol–water partition coefficient (Wildman–Crippen LogP) is 0.603. The van der Waals surface area contributed by atoms with E-state index in [9.17, 15) is 5.11 Å². The van der Waals surface area contributed by atoms with Crippen LogP contribution >= 0.6 is 0 Å². The summed E-state index contributed by atoms with van der Waals surface area (Å²) >= 11 is 0. The second kappa shape index (κ2) is 3.42. The SMILES string of the molecule is CC(C#N)C1(O)CCN(C)CC1. The van der Waals surface area contributed by atoms with Crippen LogP contribution in [-0.4, -0.2) is 35.7 Å². The zero-order chi connectivity index (χ0) is 9.19. The minimum atomic E-state index is -0.735. The van der Waals surface area contributed by atoms with Crippen molar-refractivity contribution in [3.8, 4) is 6.07 Å². The lowest BCUT2D eigenvalue weighted by Gasteiger charge is -2.38. The van der Waals surface area contributed by atoms with Crippen molar-refractivity contribution in [2.75, 3.05) is 20.1 Å². The van der Waals surface area contributed by atoms with Gasteiger partial charge in [0.25, 0.3) is 0 Å². The number of hydrogen-bond acceptors (Lipinski definition) is 3. The van der Waals surface area contributed by atoms with Gasteiger partial charge in [-0.15, -0.1) is 0 Å². The number of piperidine rings is 1. The third-order valence-corrected chi connectivity index (χ3v) is 2.85. The van der Waals surface area contributed by atoms with Crippen LogP contribution in [0.1, 0.15) is 19.8 Å². The highest BCUT2D eigenvalue weighted by Crippen LogP contribution is 2.28. The second-order valence-electron chi connectivity index (χ2n) is 3.76. The van der Waals surface area contributed by atoms with E-state index in [-0.39, 0.29) is 5.92 Å². The van der Waals surface area contributed by atoms with Gasteiger partial charge in [-0.2, -0.15) is 5.26 Å². The van der Waals surface area contributed by atoms with Gasteiger partial charge in [0, 0.05) is 13.1 Å². The van der Waals surface area contributed by atoms with Gasteiger partial charge >= 0.3 is 0 Å². The Bertz CT molecular complexity index is 189. The van der Waals surface area contributed by atoms with E-state index < -0.39 is 5.60 Å². The first-order valence-corrected chi connectivity index (χ1v) is 4.39. The van der Waals surface area contributed by atoms with Crippen LogP contribution in [0.2, 0.25) is 0 Å². The van der Waals surface area contributed by atoms with E-state index in [1.807, 2.05) is 7.05 Å². The minimum absolute atomic E-state index is 0.244. The largest absolute Gasteiger partial charge is 0.388 e. The van der Waals surface area contributed by atoms with E-state index in [0.29, 0.717) is 0 Å². The fourth-order valence-corrected chi connectivity index (χ4v) is 1.56. The van der Waals surface area contributed by atoms with Gasteiger partial charge in [-0.1, -0.05) is 0 Å². The standard InChI is InChI=1S/C9H16N2O/c1-8(7-10)9(12)3-5-11(2)6-4-9/h8,12H,3-6H2,1-2H3. The van der Waals surface area contributed by atoms with Gasteiger partial charge in [-0.05, 0) is 26.8 Å². The molecule has 0 aromatic carbocycles. The van der Waals surface area contributed by atoms with Crippen molar-refractivity contribution in [3.05, 3.63) is 0 Å². The van der Waals surface area contributed by atoms with Crippen molar-refractivity contribution >= 4 is 0 Å². The van der Waals surface area contributed by atoms with Gasteiger partial charge in [-0.25, -0.2) is 0 Å². The van der Waals surface area contributed by atoms with Crippen LogP contribution in [-0.2, 0) is 0 Å². The van der Waals surface area contributed by atoms with E-state index in [1.54, 1.807) is 6.92 Å². The molecule has 1 heterocycles. The van der Waals surface area contributed by atoms with Crippen LogP contribution in [0.25, 0.3) is 0 Å². The number of likely N-dealkylation sites (tertiary alicyclic amines) is 1. The lowest BCUT2D eigenvalue weighted by atomic mass is 9.81. The quantitative estimate of drug-likeness (QED) is 0.623. The van der Waals surface area contributed by atoms with Gasteiger partial charge in [0.2, 0.25) is 0 Å². The summed E-state index contributed by atoms with van der Waals surface area (Å²) in [5.41, 5.74) is -0.735. The summed E-state index contributed by atoms with van der Waals surface area (Å²) in [5.74, 6) is -0.244. The molecule has 1 saturated heterocycles. The molecule has 0 bridgehead atoms. The number of rotatable bonds is 1. The molecule has 0 aromatic rings. The lowest BCUT2D eigenvalue weighted by Crippen LogP contribution is -2.46. The molecule has 1 aliphatic heterocycles. The monoisotopic (exact) mass is 168 g/mol. The molecule has 0 saturated carbocycles. The molecule has 0 aromatic heterocycles. The number of aliphatic hydroxyl groups is 1. The first kappa shape index (κ1) is 9.50. The van der Waals surface area contributed by atoms with Gasteiger partial charge in [0.05, 0.1) is 17.6 Å². The average molecular weight is 168 g/mol. The highest BCUT2D eigenvalue weighted by molar-refractivity contribution is 4.98. The molecule has 0 radical (unpaired) electrons. The fourth-order valence-electron chi connectivity index (χ4n) is 1.56. The number of nitriles is 1. The molecule has 0 amide bonds. The van der Waals surface area contributed by atoms with E-state index in [1.165, 1.54) is 0 Å².